The fourth-order valence-electron chi connectivity index (χ4n) is 0.302. The predicted molar refractivity (Wildman–Crippen MR) is 30.4 cm³/mol. The molecule has 1 aromatic rings. The molecule has 1 heterocycles. The molecular weight excluding hydrogens is 106 g/mol. The summed E-state index contributed by atoms with van der Waals surface area (Å²) < 4.78 is 4.00. The van der Waals surface area contributed by atoms with Crippen molar-refractivity contribution in [2.75, 3.05) is 0 Å². The quantitative estimate of drug-likeness (QED) is 0.496. The largest absolute Gasteiger partial charge is 0.197 e. The third kappa shape index (κ3) is 0.800. The lowest BCUT2D eigenvalue weighted by molar-refractivity contribution is 1.27. The summed E-state index contributed by atoms with van der Waals surface area (Å²) in [5, 5.41) is 3.00. The van der Waals surface area contributed by atoms with E-state index in [2.05, 4.69) is 9.75 Å². The zero-order valence-electron chi connectivity index (χ0n) is 4.36. The highest BCUT2D eigenvalue weighted by Crippen LogP contribution is 2.03. The summed E-state index contributed by atoms with van der Waals surface area (Å²) in [4.78, 5) is 0. The molecule has 0 aliphatic heterocycles. The van der Waals surface area contributed by atoms with Crippen LogP contribution >= 0.6 is 11.5 Å². The van der Waals surface area contributed by atoms with Crippen LogP contribution < -0.4 is 0 Å². The maximum absolute atomic E-state index is 4.00. The number of aromatic nitrogens is 1. The second-order valence-electron chi connectivity index (χ2n) is 1.50. The molecule has 0 aliphatic rings. The van der Waals surface area contributed by atoms with E-state index in [0.29, 0.717) is 0 Å². The van der Waals surface area contributed by atoms with Gasteiger partial charge in [0.15, 0.2) is 0 Å². The van der Waals surface area contributed by atoms with Gasteiger partial charge in [-0.2, -0.15) is 4.37 Å². The number of hydrogen-bond donors (Lipinski definition) is 0. The van der Waals surface area contributed by atoms with Gasteiger partial charge in [0.05, 0.1) is 11.1 Å². The zero-order chi connectivity index (χ0) is 5.28. The van der Waals surface area contributed by atoms with Crippen molar-refractivity contribution in [1.82, 2.24) is 4.37 Å². The molecule has 0 aromatic carbocycles. The maximum atomic E-state index is 4.00. The molecule has 0 N–H and O–H groups in total. The van der Waals surface area contributed by atoms with Crippen LogP contribution in [0.4, 0.5) is 0 Å². The van der Waals surface area contributed by atoms with Crippen LogP contribution in [0, 0.1) is 19.2 Å². The Hall–Kier alpha value is -0.370. The summed E-state index contributed by atoms with van der Waals surface area (Å²) in [6, 6.07) is 0. The van der Waals surface area contributed by atoms with E-state index in [-0.39, 0.29) is 0 Å². The number of nitrogens with zero attached hydrogens (tertiary/aromatic N) is 1. The van der Waals surface area contributed by atoms with Gasteiger partial charge in [0.25, 0.3) is 0 Å². The highest BCUT2D eigenvalue weighted by Gasteiger charge is 1.90. The normalized spacial score (nSPS) is 9.43. The molecule has 2 heteroatoms. The summed E-state index contributed by atoms with van der Waals surface area (Å²) in [5.74, 6) is 0. The first-order chi connectivity index (χ1) is 3.30. The van der Waals surface area contributed by atoms with Gasteiger partial charge in [-0.15, -0.1) is 0 Å². The molecule has 0 fully saturated rings. The van der Waals surface area contributed by atoms with Gasteiger partial charge in [-0.3, -0.25) is 0 Å². The van der Waals surface area contributed by atoms with Crippen molar-refractivity contribution < 1.29 is 0 Å². The van der Waals surface area contributed by atoms with Crippen molar-refractivity contribution in [3.05, 3.63) is 16.6 Å². The lowest BCUT2D eigenvalue weighted by Crippen LogP contribution is -1.69. The monoisotopic (exact) mass is 112 g/mol. The van der Waals surface area contributed by atoms with Crippen molar-refractivity contribution in [2.45, 2.75) is 13.8 Å². The fraction of sp³-hybridized carbons (Fsp3) is 0.400. The molecule has 0 unspecified atom stereocenters. The third-order valence-electron chi connectivity index (χ3n) is 0.924. The van der Waals surface area contributed by atoms with Gasteiger partial charge in [0, 0.05) is 0 Å². The Balaban J connectivity index is 3.12. The van der Waals surface area contributed by atoms with E-state index in [1.807, 2.05) is 13.8 Å². The Labute approximate surface area is 47.2 Å². The van der Waals surface area contributed by atoms with E-state index in [1.54, 1.807) is 0 Å². The molecular formula is C5H6NS. The molecule has 37 valence electrons. The molecule has 0 amide bonds. The van der Waals surface area contributed by atoms with Gasteiger partial charge >= 0.3 is 0 Å². The van der Waals surface area contributed by atoms with E-state index < -0.39 is 0 Å². The summed E-state index contributed by atoms with van der Waals surface area (Å²) in [6.07, 6.45) is 0. The zero-order valence-corrected chi connectivity index (χ0v) is 5.17. The van der Waals surface area contributed by atoms with Crippen LogP contribution in [0.3, 0.4) is 0 Å². The minimum absolute atomic E-state index is 1.10. The van der Waals surface area contributed by atoms with Gasteiger partial charge in [0.2, 0.25) is 0 Å². The van der Waals surface area contributed by atoms with Crippen LogP contribution in [0.2, 0.25) is 0 Å². The summed E-state index contributed by atoms with van der Waals surface area (Å²) >= 11 is 1.39. The van der Waals surface area contributed by atoms with E-state index in [1.165, 1.54) is 17.1 Å². The first-order valence-electron chi connectivity index (χ1n) is 2.11. The number of rotatable bonds is 0. The molecule has 1 nitrogen and oxygen atoms in total. The Morgan fingerprint density at radius 2 is 2.29 bits per heavy atom. The Kier molecular flexibility index (Phi) is 1.11. The maximum Gasteiger partial charge on any atom is 0.0700 e. The van der Waals surface area contributed by atoms with Crippen LogP contribution in [0.25, 0.3) is 0 Å². The van der Waals surface area contributed by atoms with Crippen molar-refractivity contribution in [3.63, 3.8) is 0 Å². The predicted octanol–water partition coefficient (Wildman–Crippen LogP) is 1.56. The van der Waals surface area contributed by atoms with Crippen molar-refractivity contribution in [3.8, 4) is 0 Å². The van der Waals surface area contributed by atoms with Crippen LogP contribution in [0.15, 0.2) is 0 Å². The summed E-state index contributed by atoms with van der Waals surface area (Å²) in [5.41, 5.74) is 2.27. The SMILES string of the molecule is Cc1[c]snc1C. The molecule has 0 spiro atoms. The first kappa shape index (κ1) is 4.78. The first-order valence-corrected chi connectivity index (χ1v) is 2.88. The lowest BCUT2D eigenvalue weighted by Gasteiger charge is -1.76. The summed E-state index contributed by atoms with van der Waals surface area (Å²) in [6.45, 7) is 4.00. The van der Waals surface area contributed by atoms with E-state index in [0.717, 1.165) is 5.69 Å². The van der Waals surface area contributed by atoms with Crippen LogP contribution in [-0.4, -0.2) is 4.37 Å². The third-order valence-corrected chi connectivity index (χ3v) is 1.69. The lowest BCUT2D eigenvalue weighted by atomic mass is 10.3. The van der Waals surface area contributed by atoms with Crippen LogP contribution in [0.1, 0.15) is 11.3 Å². The topological polar surface area (TPSA) is 12.9 Å². The molecule has 0 atom stereocenters. The van der Waals surface area contributed by atoms with Gasteiger partial charge < -0.3 is 0 Å². The molecule has 0 saturated carbocycles. The molecule has 1 aromatic heterocycles. The van der Waals surface area contributed by atoms with Crippen LogP contribution in [-0.2, 0) is 0 Å². The number of aryl methyl sites for hydroxylation is 2. The minimum Gasteiger partial charge on any atom is -0.197 e. The second-order valence-corrected chi connectivity index (χ2v) is 2.06. The Bertz CT molecular complexity index is 140. The standard InChI is InChI=1S/C5H6NS/c1-4-3-7-6-5(4)2/h1-2H3. The van der Waals surface area contributed by atoms with Gasteiger partial charge in [0.1, 0.15) is 0 Å². The van der Waals surface area contributed by atoms with E-state index in [9.17, 15) is 0 Å². The molecule has 7 heavy (non-hydrogen) atoms. The molecule has 1 radical (unpaired) electrons. The van der Waals surface area contributed by atoms with Crippen molar-refractivity contribution in [1.29, 1.82) is 0 Å². The van der Waals surface area contributed by atoms with Crippen LogP contribution in [0.5, 0.6) is 0 Å². The van der Waals surface area contributed by atoms with Crippen molar-refractivity contribution >= 4 is 11.5 Å². The van der Waals surface area contributed by atoms with Crippen molar-refractivity contribution in [2.24, 2.45) is 0 Å². The molecule has 0 saturated heterocycles. The smallest absolute Gasteiger partial charge is 0.0700 e. The highest BCUT2D eigenvalue weighted by molar-refractivity contribution is 7.03. The van der Waals surface area contributed by atoms with Gasteiger partial charge in [-0.1, -0.05) is 0 Å². The van der Waals surface area contributed by atoms with E-state index >= 15 is 0 Å². The molecule has 0 bridgehead atoms. The van der Waals surface area contributed by atoms with Gasteiger partial charge in [-0.05, 0) is 30.9 Å². The minimum atomic E-state index is 1.10. The highest BCUT2D eigenvalue weighted by atomic mass is 32.1. The Morgan fingerprint density at radius 3 is 2.43 bits per heavy atom. The summed E-state index contributed by atoms with van der Waals surface area (Å²) in [7, 11) is 0. The molecule has 0 aliphatic carbocycles. The Morgan fingerprint density at radius 1 is 1.57 bits per heavy atom. The fourth-order valence-corrected chi connectivity index (χ4v) is 0.906. The number of hydrogen-bond acceptors (Lipinski definition) is 2. The molecule has 1 rings (SSSR count). The average Bonchev–Trinajstić information content (AvgIpc) is 1.91. The second kappa shape index (κ2) is 1.62. The van der Waals surface area contributed by atoms with Gasteiger partial charge in [-0.25, -0.2) is 0 Å². The average molecular weight is 112 g/mol. The van der Waals surface area contributed by atoms with E-state index in [4.69, 9.17) is 0 Å².